The molecule has 0 radical (unpaired) electrons. The molecule has 154 valence electrons. The molecule has 1 aliphatic carbocycles. The maximum atomic E-state index is 13.2. The van der Waals surface area contributed by atoms with Gasteiger partial charge in [-0.2, -0.15) is 0 Å². The first-order valence-electron chi connectivity index (χ1n) is 10.2. The molecule has 4 amide bonds. The Morgan fingerprint density at radius 1 is 1.21 bits per heavy atom. The van der Waals surface area contributed by atoms with Gasteiger partial charge in [0.15, 0.2) is 0 Å². The van der Waals surface area contributed by atoms with Crippen LogP contribution in [0.1, 0.15) is 38.5 Å². The minimum atomic E-state index is -0.694. The van der Waals surface area contributed by atoms with E-state index in [1.807, 2.05) is 0 Å². The molecule has 3 saturated heterocycles. The van der Waals surface area contributed by atoms with Crippen molar-refractivity contribution in [3.63, 3.8) is 0 Å². The Bertz CT molecular complexity index is 677. The molecule has 1 saturated carbocycles. The SMILES string of the molecule is COCC(=O)N1CCC2NC(=O)C3CC(NC(=O)C4CCCC4)CN3C(=O)C21. The molecule has 4 unspecified atom stereocenters. The van der Waals surface area contributed by atoms with Crippen LogP contribution in [-0.2, 0) is 23.9 Å². The molecule has 3 heterocycles. The van der Waals surface area contributed by atoms with E-state index in [0.29, 0.717) is 25.9 Å². The molecule has 3 aliphatic heterocycles. The summed E-state index contributed by atoms with van der Waals surface area (Å²) in [7, 11) is 1.44. The normalized spacial score (nSPS) is 32.8. The van der Waals surface area contributed by atoms with Gasteiger partial charge in [0.2, 0.25) is 23.6 Å². The maximum absolute atomic E-state index is 13.2. The standard InChI is InChI=1S/C19H28N4O5/c1-28-10-15(24)22-7-6-13-16(22)19(27)23-9-12(8-14(23)18(26)21-13)20-17(25)11-4-2-3-5-11/h11-14,16H,2-10H2,1H3,(H,20,25)(H,21,26). The lowest BCUT2D eigenvalue weighted by molar-refractivity contribution is -0.146. The Balaban J connectivity index is 1.47. The van der Waals surface area contributed by atoms with E-state index in [9.17, 15) is 19.2 Å². The average molecular weight is 392 g/mol. The fraction of sp³-hybridized carbons (Fsp3) is 0.789. The highest BCUT2D eigenvalue weighted by atomic mass is 16.5. The summed E-state index contributed by atoms with van der Waals surface area (Å²) >= 11 is 0. The number of methoxy groups -OCH3 is 1. The second-order valence-corrected chi connectivity index (χ2v) is 8.30. The molecule has 0 aromatic heterocycles. The number of hydrogen-bond donors (Lipinski definition) is 2. The molecule has 2 N–H and O–H groups in total. The van der Waals surface area contributed by atoms with E-state index in [4.69, 9.17) is 4.74 Å². The lowest BCUT2D eigenvalue weighted by Crippen LogP contribution is -2.53. The van der Waals surface area contributed by atoms with Gasteiger partial charge >= 0.3 is 0 Å². The lowest BCUT2D eigenvalue weighted by Gasteiger charge is -2.29. The highest BCUT2D eigenvalue weighted by Gasteiger charge is 2.52. The summed E-state index contributed by atoms with van der Waals surface area (Å²) in [6.45, 7) is 0.642. The van der Waals surface area contributed by atoms with Crippen LogP contribution < -0.4 is 10.6 Å². The number of fused-ring (bicyclic) bond motifs is 2. The predicted molar refractivity (Wildman–Crippen MR) is 97.9 cm³/mol. The van der Waals surface area contributed by atoms with Gasteiger partial charge in [-0.1, -0.05) is 12.8 Å². The van der Waals surface area contributed by atoms with Gasteiger partial charge in [0.05, 0.1) is 6.04 Å². The molecule has 0 aromatic rings. The fourth-order valence-corrected chi connectivity index (χ4v) is 5.12. The van der Waals surface area contributed by atoms with Crippen molar-refractivity contribution in [1.29, 1.82) is 0 Å². The molecular weight excluding hydrogens is 364 g/mol. The highest BCUT2D eigenvalue weighted by Crippen LogP contribution is 2.30. The Labute approximate surface area is 164 Å². The molecule has 9 nitrogen and oxygen atoms in total. The molecule has 0 spiro atoms. The van der Waals surface area contributed by atoms with Gasteiger partial charge in [-0.3, -0.25) is 19.2 Å². The van der Waals surface area contributed by atoms with Gasteiger partial charge in [-0.15, -0.1) is 0 Å². The molecular formula is C19H28N4O5. The topological polar surface area (TPSA) is 108 Å². The summed E-state index contributed by atoms with van der Waals surface area (Å²) in [5.41, 5.74) is 0. The summed E-state index contributed by atoms with van der Waals surface area (Å²) in [5, 5.41) is 5.99. The van der Waals surface area contributed by atoms with Crippen molar-refractivity contribution in [2.24, 2.45) is 5.92 Å². The third-order valence-corrected chi connectivity index (χ3v) is 6.53. The molecule has 0 aromatic carbocycles. The Kier molecular flexibility index (Phi) is 5.27. The van der Waals surface area contributed by atoms with Crippen LogP contribution in [0.5, 0.6) is 0 Å². The Hall–Kier alpha value is -2.16. The zero-order valence-electron chi connectivity index (χ0n) is 16.2. The van der Waals surface area contributed by atoms with Crippen LogP contribution in [-0.4, -0.2) is 84.4 Å². The number of nitrogens with one attached hydrogen (secondary N) is 2. The van der Waals surface area contributed by atoms with E-state index in [2.05, 4.69) is 10.6 Å². The number of likely N-dealkylation sites (tertiary alicyclic amines) is 1. The first kappa shape index (κ1) is 19.2. The van der Waals surface area contributed by atoms with E-state index in [0.717, 1.165) is 25.7 Å². The number of amides is 4. The molecule has 4 fully saturated rings. The van der Waals surface area contributed by atoms with E-state index in [-0.39, 0.29) is 48.2 Å². The van der Waals surface area contributed by atoms with Gasteiger partial charge in [-0.05, 0) is 25.7 Å². The van der Waals surface area contributed by atoms with Crippen molar-refractivity contribution >= 4 is 23.6 Å². The van der Waals surface area contributed by atoms with Gasteiger partial charge in [0.25, 0.3) is 0 Å². The third-order valence-electron chi connectivity index (χ3n) is 6.53. The fourth-order valence-electron chi connectivity index (χ4n) is 5.12. The average Bonchev–Trinajstić information content (AvgIpc) is 3.39. The number of ether oxygens (including phenoxy) is 1. The quantitative estimate of drug-likeness (QED) is 0.639. The second kappa shape index (κ2) is 7.69. The van der Waals surface area contributed by atoms with Crippen LogP contribution in [0.3, 0.4) is 0 Å². The van der Waals surface area contributed by atoms with Crippen molar-refractivity contribution in [1.82, 2.24) is 20.4 Å². The van der Waals surface area contributed by atoms with Crippen LogP contribution in [0.2, 0.25) is 0 Å². The van der Waals surface area contributed by atoms with Gasteiger partial charge < -0.3 is 25.2 Å². The molecule has 9 heteroatoms. The van der Waals surface area contributed by atoms with Crippen molar-refractivity contribution in [3.05, 3.63) is 0 Å². The molecule has 4 aliphatic rings. The van der Waals surface area contributed by atoms with E-state index < -0.39 is 12.1 Å². The minimum absolute atomic E-state index is 0.0312. The molecule has 0 bridgehead atoms. The lowest BCUT2D eigenvalue weighted by atomic mass is 10.1. The van der Waals surface area contributed by atoms with Crippen LogP contribution in [0.15, 0.2) is 0 Å². The Morgan fingerprint density at radius 3 is 2.68 bits per heavy atom. The third kappa shape index (κ3) is 3.36. The Morgan fingerprint density at radius 2 is 1.96 bits per heavy atom. The minimum Gasteiger partial charge on any atom is -0.375 e. The van der Waals surface area contributed by atoms with Crippen molar-refractivity contribution < 1.29 is 23.9 Å². The van der Waals surface area contributed by atoms with E-state index >= 15 is 0 Å². The zero-order valence-corrected chi connectivity index (χ0v) is 16.2. The van der Waals surface area contributed by atoms with Crippen molar-refractivity contribution in [2.75, 3.05) is 26.8 Å². The summed E-state index contributed by atoms with van der Waals surface area (Å²) in [5.74, 6) is -0.580. The number of rotatable bonds is 4. The number of nitrogens with zero attached hydrogens (tertiary/aromatic N) is 2. The first-order valence-corrected chi connectivity index (χ1v) is 10.2. The van der Waals surface area contributed by atoms with E-state index in [1.54, 1.807) is 4.90 Å². The summed E-state index contributed by atoms with van der Waals surface area (Å²) in [6.07, 6.45) is 4.94. The molecule has 4 atom stereocenters. The smallest absolute Gasteiger partial charge is 0.249 e. The van der Waals surface area contributed by atoms with Crippen LogP contribution >= 0.6 is 0 Å². The first-order chi connectivity index (χ1) is 13.5. The summed E-state index contributed by atoms with van der Waals surface area (Å²) in [4.78, 5) is 53.8. The number of hydrogen-bond acceptors (Lipinski definition) is 5. The van der Waals surface area contributed by atoms with Crippen LogP contribution in [0.25, 0.3) is 0 Å². The van der Waals surface area contributed by atoms with Gasteiger partial charge in [0.1, 0.15) is 18.7 Å². The van der Waals surface area contributed by atoms with Crippen molar-refractivity contribution in [2.45, 2.75) is 62.7 Å². The monoisotopic (exact) mass is 392 g/mol. The molecule has 28 heavy (non-hydrogen) atoms. The largest absolute Gasteiger partial charge is 0.375 e. The van der Waals surface area contributed by atoms with E-state index in [1.165, 1.54) is 12.0 Å². The zero-order chi connectivity index (χ0) is 19.8. The highest BCUT2D eigenvalue weighted by molar-refractivity contribution is 5.96. The number of carbonyl (C=O) groups is 4. The van der Waals surface area contributed by atoms with Crippen LogP contribution in [0.4, 0.5) is 0 Å². The summed E-state index contributed by atoms with van der Waals surface area (Å²) < 4.78 is 4.93. The van der Waals surface area contributed by atoms with Crippen LogP contribution in [0, 0.1) is 5.92 Å². The predicted octanol–water partition coefficient (Wildman–Crippen LogP) is -0.992. The second-order valence-electron chi connectivity index (χ2n) is 8.30. The van der Waals surface area contributed by atoms with Gasteiger partial charge in [0, 0.05) is 32.2 Å². The summed E-state index contributed by atoms with van der Waals surface area (Å²) in [6, 6.07) is -1.88. The van der Waals surface area contributed by atoms with Gasteiger partial charge in [-0.25, -0.2) is 0 Å². The number of carbonyl (C=O) groups excluding carboxylic acids is 4. The maximum Gasteiger partial charge on any atom is 0.249 e. The molecule has 4 rings (SSSR count). The van der Waals surface area contributed by atoms with Crippen molar-refractivity contribution in [3.8, 4) is 0 Å².